The Morgan fingerprint density at radius 2 is 2.00 bits per heavy atom. The van der Waals surface area contributed by atoms with Crippen LogP contribution in [0.3, 0.4) is 0 Å². The van der Waals surface area contributed by atoms with Gasteiger partial charge in [0.15, 0.2) is 0 Å². The fourth-order valence-corrected chi connectivity index (χ4v) is 1.93. The van der Waals surface area contributed by atoms with Crippen LogP contribution in [0.25, 0.3) is 0 Å². The fourth-order valence-electron chi connectivity index (χ4n) is 1.93. The first-order chi connectivity index (χ1) is 7.95. The Labute approximate surface area is 104 Å². The number of hydrogen-bond acceptors (Lipinski definition) is 2. The second-order valence-corrected chi connectivity index (χ2v) is 4.89. The van der Waals surface area contributed by atoms with E-state index >= 15 is 0 Å². The molecule has 2 nitrogen and oxygen atoms in total. The lowest BCUT2D eigenvalue weighted by Crippen LogP contribution is -2.25. The molecule has 0 fully saturated rings. The molecule has 1 rings (SSSR count). The van der Waals surface area contributed by atoms with Gasteiger partial charge in [0, 0.05) is 25.3 Å². The predicted molar refractivity (Wildman–Crippen MR) is 71.7 cm³/mol. The lowest BCUT2D eigenvalue weighted by Gasteiger charge is -2.26. The first-order valence-electron chi connectivity index (χ1n) is 6.21. The molecule has 0 aliphatic heterocycles. The number of anilines is 1. The van der Waals surface area contributed by atoms with Gasteiger partial charge in [-0.2, -0.15) is 0 Å². The molecule has 3 heteroatoms. The van der Waals surface area contributed by atoms with Gasteiger partial charge in [-0.05, 0) is 36.6 Å². The molecule has 96 valence electrons. The number of halogens is 1. The number of benzene rings is 1. The van der Waals surface area contributed by atoms with Crippen LogP contribution in [0.4, 0.5) is 10.1 Å². The summed E-state index contributed by atoms with van der Waals surface area (Å²) < 4.78 is 13.2. The van der Waals surface area contributed by atoms with Crippen LogP contribution in [0.15, 0.2) is 18.2 Å². The third kappa shape index (κ3) is 3.70. The van der Waals surface area contributed by atoms with Crippen molar-refractivity contribution in [2.45, 2.75) is 33.2 Å². The smallest absolute Gasteiger partial charge is 0.123 e. The van der Waals surface area contributed by atoms with Gasteiger partial charge in [-0.15, -0.1) is 0 Å². The molecule has 0 aromatic heterocycles. The summed E-state index contributed by atoms with van der Waals surface area (Å²) in [4.78, 5) is 2.16. The summed E-state index contributed by atoms with van der Waals surface area (Å²) in [6.07, 6.45) is 1.14. The minimum atomic E-state index is -0.224. The molecular weight excluding hydrogens is 215 g/mol. The Morgan fingerprint density at radius 3 is 2.53 bits per heavy atom. The van der Waals surface area contributed by atoms with Crippen molar-refractivity contribution < 1.29 is 4.39 Å². The third-order valence-corrected chi connectivity index (χ3v) is 3.17. The number of rotatable bonds is 5. The monoisotopic (exact) mass is 238 g/mol. The largest absolute Gasteiger partial charge is 0.374 e. The molecule has 0 aliphatic rings. The summed E-state index contributed by atoms with van der Waals surface area (Å²) in [6.45, 7) is 7.23. The maximum absolute atomic E-state index is 13.2. The lowest BCUT2D eigenvalue weighted by atomic mass is 10.0. The predicted octanol–water partition coefficient (Wildman–Crippen LogP) is 3.33. The van der Waals surface area contributed by atoms with E-state index in [9.17, 15) is 4.39 Å². The van der Waals surface area contributed by atoms with E-state index in [1.165, 1.54) is 12.1 Å². The molecule has 0 amide bonds. The van der Waals surface area contributed by atoms with E-state index in [0.29, 0.717) is 5.92 Å². The molecule has 2 N–H and O–H groups in total. The summed E-state index contributed by atoms with van der Waals surface area (Å²) >= 11 is 0. The van der Waals surface area contributed by atoms with Crippen LogP contribution in [0.2, 0.25) is 0 Å². The molecule has 0 heterocycles. The number of nitrogens with two attached hydrogens (primary N) is 1. The maximum Gasteiger partial charge on any atom is 0.123 e. The quantitative estimate of drug-likeness (QED) is 0.852. The molecule has 1 aromatic rings. The van der Waals surface area contributed by atoms with E-state index < -0.39 is 0 Å². The van der Waals surface area contributed by atoms with E-state index in [1.54, 1.807) is 0 Å². The Bertz CT molecular complexity index is 363. The van der Waals surface area contributed by atoms with Crippen LogP contribution in [0.1, 0.15) is 38.8 Å². The van der Waals surface area contributed by atoms with E-state index in [0.717, 1.165) is 24.2 Å². The van der Waals surface area contributed by atoms with Crippen LogP contribution in [0, 0.1) is 11.7 Å². The van der Waals surface area contributed by atoms with Gasteiger partial charge in [-0.3, -0.25) is 0 Å². The molecule has 17 heavy (non-hydrogen) atoms. The molecule has 0 radical (unpaired) electrons. The van der Waals surface area contributed by atoms with Gasteiger partial charge in [-0.25, -0.2) is 4.39 Å². The van der Waals surface area contributed by atoms with Crippen molar-refractivity contribution in [1.82, 2.24) is 0 Å². The van der Waals surface area contributed by atoms with Crippen molar-refractivity contribution in [3.8, 4) is 0 Å². The number of hydrogen-bond donors (Lipinski definition) is 1. The van der Waals surface area contributed by atoms with Crippen molar-refractivity contribution >= 4 is 5.69 Å². The average molecular weight is 238 g/mol. The average Bonchev–Trinajstić information content (AvgIpc) is 2.28. The zero-order valence-electron chi connectivity index (χ0n) is 11.2. The highest BCUT2D eigenvalue weighted by Crippen LogP contribution is 2.26. The van der Waals surface area contributed by atoms with Crippen molar-refractivity contribution in [3.05, 3.63) is 29.6 Å². The Morgan fingerprint density at radius 1 is 1.35 bits per heavy atom. The lowest BCUT2D eigenvalue weighted by molar-refractivity contribution is 0.557. The van der Waals surface area contributed by atoms with Crippen molar-refractivity contribution in [2.24, 2.45) is 11.7 Å². The van der Waals surface area contributed by atoms with Crippen LogP contribution in [0.5, 0.6) is 0 Å². The zero-order chi connectivity index (χ0) is 13.0. The van der Waals surface area contributed by atoms with Gasteiger partial charge >= 0.3 is 0 Å². The Balaban J connectivity index is 2.96. The van der Waals surface area contributed by atoms with Crippen molar-refractivity contribution in [3.63, 3.8) is 0 Å². The van der Waals surface area contributed by atoms with E-state index in [2.05, 4.69) is 18.7 Å². The minimum absolute atomic E-state index is 0.153. The second kappa shape index (κ2) is 6.01. The molecule has 0 aliphatic carbocycles. The second-order valence-electron chi connectivity index (χ2n) is 4.89. The first-order valence-corrected chi connectivity index (χ1v) is 6.21. The topological polar surface area (TPSA) is 29.3 Å². The third-order valence-electron chi connectivity index (χ3n) is 3.17. The first kappa shape index (κ1) is 14.0. The van der Waals surface area contributed by atoms with E-state index in [-0.39, 0.29) is 11.9 Å². The Hall–Kier alpha value is -1.09. The summed E-state index contributed by atoms with van der Waals surface area (Å²) in [5, 5.41) is 0. The van der Waals surface area contributed by atoms with Crippen LogP contribution in [-0.2, 0) is 0 Å². The molecule has 0 spiro atoms. The maximum atomic E-state index is 13.2. The molecule has 0 saturated carbocycles. The molecule has 2 unspecified atom stereocenters. The van der Waals surface area contributed by atoms with Gasteiger partial charge in [0.25, 0.3) is 0 Å². The molecule has 0 bridgehead atoms. The van der Waals surface area contributed by atoms with Gasteiger partial charge < -0.3 is 10.6 Å². The standard InChI is InChI=1S/C14H23FN2/c1-5-10(2)9-17(4)14-7-6-12(15)8-13(14)11(3)16/h6-8,10-11H,5,9,16H2,1-4H3. The van der Waals surface area contributed by atoms with E-state index in [4.69, 9.17) is 5.73 Å². The summed E-state index contributed by atoms with van der Waals surface area (Å²) in [7, 11) is 2.03. The van der Waals surface area contributed by atoms with Gasteiger partial charge in [0.2, 0.25) is 0 Å². The highest BCUT2D eigenvalue weighted by atomic mass is 19.1. The summed E-state index contributed by atoms with van der Waals surface area (Å²) in [6, 6.07) is 4.69. The number of nitrogens with zero attached hydrogens (tertiary/aromatic N) is 1. The van der Waals surface area contributed by atoms with Gasteiger partial charge in [0.05, 0.1) is 0 Å². The highest BCUT2D eigenvalue weighted by Gasteiger charge is 2.13. The minimum Gasteiger partial charge on any atom is -0.374 e. The van der Waals surface area contributed by atoms with Crippen LogP contribution >= 0.6 is 0 Å². The fraction of sp³-hybridized carbons (Fsp3) is 0.571. The van der Waals surface area contributed by atoms with Gasteiger partial charge in [-0.1, -0.05) is 20.3 Å². The molecular formula is C14H23FN2. The van der Waals surface area contributed by atoms with Crippen LogP contribution < -0.4 is 10.6 Å². The molecule has 1 aromatic carbocycles. The van der Waals surface area contributed by atoms with Crippen LogP contribution in [-0.4, -0.2) is 13.6 Å². The SMILES string of the molecule is CCC(C)CN(C)c1ccc(F)cc1C(C)N. The normalized spacial score (nSPS) is 14.5. The van der Waals surface area contributed by atoms with Crippen molar-refractivity contribution in [2.75, 3.05) is 18.5 Å². The summed E-state index contributed by atoms with van der Waals surface area (Å²) in [5.74, 6) is 0.393. The highest BCUT2D eigenvalue weighted by molar-refractivity contribution is 5.54. The molecule has 2 atom stereocenters. The van der Waals surface area contributed by atoms with Gasteiger partial charge in [0.1, 0.15) is 5.82 Å². The van der Waals surface area contributed by atoms with E-state index in [1.807, 2.05) is 20.0 Å². The van der Waals surface area contributed by atoms with Crippen molar-refractivity contribution in [1.29, 1.82) is 0 Å². The summed E-state index contributed by atoms with van der Waals surface area (Å²) in [5.41, 5.74) is 7.79. The zero-order valence-corrected chi connectivity index (χ0v) is 11.2. The Kier molecular flexibility index (Phi) is 4.94. The molecule has 0 saturated heterocycles.